The van der Waals surface area contributed by atoms with Gasteiger partial charge in [0.1, 0.15) is 0 Å². The normalized spacial score (nSPS) is 12.2. The summed E-state index contributed by atoms with van der Waals surface area (Å²) < 4.78 is 29.9. The van der Waals surface area contributed by atoms with Crippen molar-refractivity contribution in [1.82, 2.24) is 9.97 Å². The van der Waals surface area contributed by atoms with Gasteiger partial charge in [-0.15, -0.1) is 0 Å². The third-order valence-electron chi connectivity index (χ3n) is 11.4. The molecule has 0 aliphatic rings. The van der Waals surface area contributed by atoms with Crippen molar-refractivity contribution in [3.8, 4) is 76.3 Å². The van der Waals surface area contributed by atoms with Gasteiger partial charge in [-0.3, -0.25) is 0 Å². The van der Waals surface area contributed by atoms with E-state index in [1.807, 2.05) is 73.1 Å². The number of fused-ring (bicyclic) bond motifs is 2. The van der Waals surface area contributed by atoms with Crippen molar-refractivity contribution < 1.29 is 28.5 Å². The van der Waals surface area contributed by atoms with Crippen LogP contribution in [0.1, 0.15) is 2.74 Å². The van der Waals surface area contributed by atoms with Gasteiger partial charge in [0, 0.05) is 0 Å². The predicted molar refractivity (Wildman–Crippen MR) is 274 cm³/mol. The van der Waals surface area contributed by atoms with Crippen LogP contribution in [0.2, 0.25) is 39.3 Å². The second kappa shape index (κ2) is 18.1. The van der Waals surface area contributed by atoms with Crippen LogP contribution in [0.25, 0.3) is 84.1 Å². The van der Waals surface area contributed by atoms with Gasteiger partial charge in [-0.05, 0) is 0 Å². The molecule has 0 N–H and O–H groups in total. The quantitative estimate of drug-likeness (QED) is 0.101. The Bertz CT molecular complexity index is 3150. The molecule has 0 radical (unpaired) electrons. The van der Waals surface area contributed by atoms with Gasteiger partial charge in [0.15, 0.2) is 0 Å². The smallest absolute Gasteiger partial charge is 2.00 e. The molecule has 0 aliphatic heterocycles. The van der Waals surface area contributed by atoms with E-state index in [0.29, 0.717) is 23.6 Å². The number of pyridine rings is 2. The second-order valence-electron chi connectivity index (χ2n) is 18.0. The third-order valence-corrected chi connectivity index (χ3v) is 20.4. The van der Waals surface area contributed by atoms with E-state index in [1.165, 1.54) is 10.4 Å². The average Bonchev–Trinajstić information content (AvgIpc) is 3.84. The van der Waals surface area contributed by atoms with Crippen LogP contribution in [0.3, 0.4) is 0 Å². The minimum atomic E-state index is -1.46. The molecule has 0 saturated heterocycles. The zero-order chi connectivity index (χ0) is 45.0. The Kier molecular flexibility index (Phi) is 11.8. The van der Waals surface area contributed by atoms with Crippen LogP contribution < -0.4 is 15.1 Å². The number of rotatable bonds is 10. The minimum absolute atomic E-state index is 0. The standard InChI is InChI=1S/C56H46N2OSe2Si2.Pt/c1-62(2,3)49-21-17-39(18-22-49)51-35-41-25-27-57-53(55(41)60-51)45-29-43(37-13-9-7-10-14-37)31-47(33-45)59-48-32-44(38-15-11-8-12-16-38)30-46(34-48)54-56-42(26-28-58-54)36-52(61-56)40-19-23-50(24-20-40)63(4,5)6;/h7-32,35-36H,1-6H3;/q-2;+2/i35D,36D;. The van der Waals surface area contributed by atoms with E-state index in [-0.39, 0.29) is 50.1 Å². The van der Waals surface area contributed by atoms with Crippen LogP contribution >= 0.6 is 0 Å². The van der Waals surface area contributed by atoms with E-state index in [4.69, 9.17) is 14.7 Å². The van der Waals surface area contributed by atoms with Crippen LogP contribution in [-0.2, 0) is 21.1 Å². The van der Waals surface area contributed by atoms with Gasteiger partial charge in [0.25, 0.3) is 0 Å². The molecule has 64 heavy (non-hydrogen) atoms. The summed E-state index contributed by atoms with van der Waals surface area (Å²) in [6, 6.07) is 59.2. The molecular formula is C56H46N2OPtSe2Si2. The predicted octanol–water partition coefficient (Wildman–Crippen LogP) is 13.4. The van der Waals surface area contributed by atoms with Crippen molar-refractivity contribution in [1.29, 1.82) is 0 Å². The van der Waals surface area contributed by atoms with Crippen molar-refractivity contribution in [3.05, 3.63) is 182 Å². The molecule has 6 aromatic carbocycles. The first-order chi connectivity index (χ1) is 31.3. The molecule has 10 rings (SSSR count). The van der Waals surface area contributed by atoms with Crippen molar-refractivity contribution in [2.75, 3.05) is 0 Å². The zero-order valence-corrected chi connectivity index (χ0v) is 44.1. The molecule has 0 saturated carbocycles. The number of benzene rings is 6. The fraction of sp³-hybridized carbons (Fsp3) is 0.107. The Morgan fingerprint density at radius 1 is 0.469 bits per heavy atom. The minimum Gasteiger partial charge on any atom is 2.00 e. The molecule has 0 atom stereocenters. The monoisotopic (exact) mass is 1180 g/mol. The van der Waals surface area contributed by atoms with E-state index in [9.17, 15) is 2.74 Å². The average molecular weight is 1170 g/mol. The first kappa shape index (κ1) is 41.7. The Morgan fingerprint density at radius 3 is 1.23 bits per heavy atom. The topological polar surface area (TPSA) is 35.0 Å². The molecule has 4 aromatic heterocycles. The fourth-order valence-corrected chi connectivity index (χ4v) is 14.8. The Morgan fingerprint density at radius 2 is 0.859 bits per heavy atom. The first-order valence-electron chi connectivity index (χ1n) is 22.2. The molecule has 3 nitrogen and oxygen atoms in total. The van der Waals surface area contributed by atoms with Crippen molar-refractivity contribution in [2.24, 2.45) is 0 Å². The van der Waals surface area contributed by atoms with Crippen LogP contribution in [0, 0.1) is 12.1 Å². The van der Waals surface area contributed by atoms with Gasteiger partial charge in [0.2, 0.25) is 0 Å². The van der Waals surface area contributed by atoms with Gasteiger partial charge in [0.05, 0.1) is 0 Å². The summed E-state index contributed by atoms with van der Waals surface area (Å²) in [5.74, 6) is 1.07. The van der Waals surface area contributed by atoms with Crippen molar-refractivity contribution in [3.63, 3.8) is 0 Å². The van der Waals surface area contributed by atoms with E-state index in [2.05, 4.69) is 136 Å². The molecule has 0 bridgehead atoms. The first-order valence-corrected chi connectivity index (χ1v) is 31.6. The number of hydrogen-bond acceptors (Lipinski definition) is 3. The molecular weight excluding hydrogens is 1130 g/mol. The van der Waals surface area contributed by atoms with E-state index < -0.39 is 16.1 Å². The molecule has 8 heteroatoms. The van der Waals surface area contributed by atoms with E-state index in [0.717, 1.165) is 84.1 Å². The maximum atomic E-state index is 9.36. The molecule has 0 unspecified atom stereocenters. The van der Waals surface area contributed by atoms with Gasteiger partial charge < -0.3 is 0 Å². The summed E-state index contributed by atoms with van der Waals surface area (Å²) in [5, 5.41) is 4.67. The maximum Gasteiger partial charge on any atom is 2.00 e. The molecule has 4 heterocycles. The molecule has 0 fully saturated rings. The Hall–Kier alpha value is -4.94. The summed E-state index contributed by atoms with van der Waals surface area (Å²) in [4.78, 5) is 9.99. The van der Waals surface area contributed by atoms with Crippen LogP contribution in [0.15, 0.2) is 170 Å². The summed E-state index contributed by atoms with van der Waals surface area (Å²) in [7, 11) is -2.92. The molecule has 10 aromatic rings. The fourth-order valence-electron chi connectivity index (χ4n) is 7.85. The van der Waals surface area contributed by atoms with Crippen LogP contribution in [0.4, 0.5) is 0 Å². The van der Waals surface area contributed by atoms with Crippen LogP contribution in [-0.4, -0.2) is 55.1 Å². The van der Waals surface area contributed by atoms with Crippen molar-refractivity contribution >= 4 is 74.8 Å². The van der Waals surface area contributed by atoms with E-state index in [1.54, 1.807) is 0 Å². The maximum absolute atomic E-state index is 9.36. The van der Waals surface area contributed by atoms with Crippen LogP contribution in [0.5, 0.6) is 11.5 Å². The van der Waals surface area contributed by atoms with Gasteiger partial charge in [-0.2, -0.15) is 0 Å². The Balaban J connectivity index is 0.00000548. The largest absolute Gasteiger partial charge is 2.00 e. The number of ether oxygens (including phenoxy) is 1. The van der Waals surface area contributed by atoms with Gasteiger partial charge in [-0.25, -0.2) is 0 Å². The molecule has 316 valence electrons. The van der Waals surface area contributed by atoms with Gasteiger partial charge >= 0.3 is 411 Å². The Labute approximate surface area is 407 Å². The number of hydrogen-bond donors (Lipinski definition) is 0. The van der Waals surface area contributed by atoms with Gasteiger partial charge in [-0.1, -0.05) is 0 Å². The summed E-state index contributed by atoms with van der Waals surface area (Å²) in [5.41, 5.74) is 9.53. The number of aromatic nitrogens is 2. The second-order valence-corrected chi connectivity index (χ2v) is 32.4. The summed E-state index contributed by atoms with van der Waals surface area (Å²) in [6.45, 7) is 14.2. The summed E-state index contributed by atoms with van der Waals surface area (Å²) >= 11 is -0.285. The molecule has 0 spiro atoms. The summed E-state index contributed by atoms with van der Waals surface area (Å²) in [6.07, 6.45) is 3.64. The third kappa shape index (κ3) is 9.27. The molecule has 0 amide bonds. The molecule has 0 aliphatic carbocycles. The SMILES string of the molecule is [2H]c1c(-c2ccc([Si](C)(C)C)cc2)[se]c2c(-c3[c-]c(Oc4[c-]c(-c5nccc6c([2H])c(-c7ccc([Si](C)(C)C)cc7)[se]c56)cc(-c5ccccc5)c4)cc(-c4ccccc4)c3)nccc12.[Pt+2]. The zero-order valence-electron chi connectivity index (χ0n) is 38.4. The van der Waals surface area contributed by atoms with E-state index >= 15 is 0 Å². The van der Waals surface area contributed by atoms with Crippen molar-refractivity contribution in [2.45, 2.75) is 39.3 Å². The number of nitrogens with zero attached hydrogens (tertiary/aromatic N) is 2.